The van der Waals surface area contributed by atoms with E-state index in [1.807, 2.05) is 24.3 Å². The topological polar surface area (TPSA) is 59.0 Å². The van der Waals surface area contributed by atoms with E-state index in [-0.39, 0.29) is 5.91 Å². The Morgan fingerprint density at radius 1 is 1.25 bits per heavy atom. The lowest BCUT2D eigenvalue weighted by Crippen LogP contribution is -2.26. The Bertz CT molecular complexity index is 741. The molecular formula is C14H12N4OS. The fourth-order valence-electron chi connectivity index (χ4n) is 2.02. The summed E-state index contributed by atoms with van der Waals surface area (Å²) >= 11 is 1.12. The third-order valence-electron chi connectivity index (χ3n) is 3.01. The molecule has 1 aromatic carbocycles. The zero-order valence-electron chi connectivity index (χ0n) is 10.9. The van der Waals surface area contributed by atoms with Gasteiger partial charge in [-0.3, -0.25) is 9.78 Å². The average molecular weight is 284 g/mol. The Morgan fingerprint density at radius 2 is 2.15 bits per heavy atom. The zero-order valence-corrected chi connectivity index (χ0v) is 11.7. The molecule has 2 heterocycles. The third kappa shape index (κ3) is 2.37. The molecule has 0 atom stereocenters. The van der Waals surface area contributed by atoms with Crippen LogP contribution >= 0.6 is 11.7 Å². The Balaban J connectivity index is 1.87. The molecule has 0 N–H and O–H groups in total. The summed E-state index contributed by atoms with van der Waals surface area (Å²) in [7, 11) is 1.77. The molecule has 20 heavy (non-hydrogen) atoms. The van der Waals surface area contributed by atoms with Crippen LogP contribution in [0, 0.1) is 0 Å². The first-order valence-electron chi connectivity index (χ1n) is 6.11. The van der Waals surface area contributed by atoms with Crippen LogP contribution in [0.25, 0.3) is 11.0 Å². The minimum Gasteiger partial charge on any atom is -0.337 e. The van der Waals surface area contributed by atoms with Crippen LogP contribution in [-0.2, 0) is 6.54 Å². The van der Waals surface area contributed by atoms with Crippen LogP contribution in [0.2, 0.25) is 0 Å². The van der Waals surface area contributed by atoms with Crippen LogP contribution in [0.15, 0.2) is 42.7 Å². The first-order valence-corrected chi connectivity index (χ1v) is 6.84. The largest absolute Gasteiger partial charge is 0.337 e. The van der Waals surface area contributed by atoms with Crippen molar-refractivity contribution >= 4 is 28.7 Å². The SMILES string of the molecule is CN(Cc1cccnc1)C(=O)c1cccc2nsnc12. The molecule has 0 aliphatic carbocycles. The first-order chi connectivity index (χ1) is 9.75. The van der Waals surface area contributed by atoms with E-state index in [4.69, 9.17) is 0 Å². The van der Waals surface area contributed by atoms with E-state index in [1.54, 1.807) is 30.4 Å². The van der Waals surface area contributed by atoms with Gasteiger partial charge in [-0.1, -0.05) is 12.1 Å². The van der Waals surface area contributed by atoms with Gasteiger partial charge in [-0.25, -0.2) is 0 Å². The number of fused-ring (bicyclic) bond motifs is 1. The number of aromatic nitrogens is 3. The van der Waals surface area contributed by atoms with Gasteiger partial charge in [-0.15, -0.1) is 0 Å². The maximum absolute atomic E-state index is 12.5. The normalized spacial score (nSPS) is 10.7. The van der Waals surface area contributed by atoms with Crippen molar-refractivity contribution in [3.05, 3.63) is 53.9 Å². The summed E-state index contributed by atoms with van der Waals surface area (Å²) in [6.07, 6.45) is 3.47. The van der Waals surface area contributed by atoms with Crippen LogP contribution in [0.1, 0.15) is 15.9 Å². The van der Waals surface area contributed by atoms with Crippen LogP contribution in [0.4, 0.5) is 0 Å². The minimum atomic E-state index is -0.0628. The molecule has 0 spiro atoms. The van der Waals surface area contributed by atoms with E-state index < -0.39 is 0 Å². The van der Waals surface area contributed by atoms with Gasteiger partial charge in [0.1, 0.15) is 11.0 Å². The number of nitrogens with zero attached hydrogens (tertiary/aromatic N) is 4. The summed E-state index contributed by atoms with van der Waals surface area (Å²) < 4.78 is 8.35. The number of rotatable bonds is 3. The van der Waals surface area contributed by atoms with Crippen molar-refractivity contribution in [2.24, 2.45) is 0 Å². The molecule has 0 aliphatic rings. The Morgan fingerprint density at radius 3 is 2.95 bits per heavy atom. The molecule has 0 saturated heterocycles. The fourth-order valence-corrected chi connectivity index (χ4v) is 2.57. The molecule has 5 nitrogen and oxygen atoms in total. The summed E-state index contributed by atoms with van der Waals surface area (Å²) in [5.41, 5.74) is 3.01. The maximum atomic E-state index is 12.5. The number of pyridine rings is 1. The lowest BCUT2D eigenvalue weighted by atomic mass is 10.1. The highest BCUT2D eigenvalue weighted by molar-refractivity contribution is 7.00. The van der Waals surface area contributed by atoms with Gasteiger partial charge in [0.2, 0.25) is 0 Å². The van der Waals surface area contributed by atoms with Crippen LogP contribution in [-0.4, -0.2) is 31.6 Å². The summed E-state index contributed by atoms with van der Waals surface area (Å²) in [6.45, 7) is 0.515. The van der Waals surface area contributed by atoms with Crippen LogP contribution in [0.3, 0.4) is 0 Å². The zero-order chi connectivity index (χ0) is 13.9. The molecule has 6 heteroatoms. The summed E-state index contributed by atoms with van der Waals surface area (Å²) in [5, 5.41) is 0. The fraction of sp³-hybridized carbons (Fsp3) is 0.143. The minimum absolute atomic E-state index is 0.0628. The molecule has 2 aromatic heterocycles. The van der Waals surface area contributed by atoms with Gasteiger partial charge >= 0.3 is 0 Å². The van der Waals surface area contributed by atoms with Crippen molar-refractivity contribution < 1.29 is 4.79 Å². The van der Waals surface area contributed by atoms with Gasteiger partial charge in [-0.05, 0) is 23.8 Å². The second kappa shape index (κ2) is 5.34. The molecular weight excluding hydrogens is 272 g/mol. The second-order valence-electron chi connectivity index (χ2n) is 4.46. The van der Waals surface area contributed by atoms with Crippen LogP contribution in [0.5, 0.6) is 0 Å². The average Bonchev–Trinajstić information content (AvgIpc) is 2.96. The van der Waals surface area contributed by atoms with Crippen molar-refractivity contribution in [3.63, 3.8) is 0 Å². The molecule has 0 unspecified atom stereocenters. The number of carbonyl (C=O) groups is 1. The summed E-state index contributed by atoms with van der Waals surface area (Å²) in [4.78, 5) is 18.2. The van der Waals surface area contributed by atoms with E-state index in [0.717, 1.165) is 22.8 Å². The number of amides is 1. The number of carbonyl (C=O) groups excluding carboxylic acids is 1. The van der Waals surface area contributed by atoms with Crippen molar-refractivity contribution in [3.8, 4) is 0 Å². The molecule has 0 bridgehead atoms. The summed E-state index contributed by atoms with van der Waals surface area (Å²) in [6, 6.07) is 9.28. The highest BCUT2D eigenvalue weighted by atomic mass is 32.1. The second-order valence-corrected chi connectivity index (χ2v) is 4.99. The van der Waals surface area contributed by atoms with Gasteiger partial charge in [0.25, 0.3) is 5.91 Å². The molecule has 0 radical (unpaired) electrons. The van der Waals surface area contributed by atoms with Crippen molar-refractivity contribution in [1.82, 2.24) is 18.6 Å². The van der Waals surface area contributed by atoms with Gasteiger partial charge in [0.15, 0.2) is 0 Å². The lowest BCUT2D eigenvalue weighted by Gasteiger charge is -2.17. The molecule has 1 amide bonds. The monoisotopic (exact) mass is 284 g/mol. The first kappa shape index (κ1) is 12.7. The van der Waals surface area contributed by atoms with E-state index in [0.29, 0.717) is 17.6 Å². The van der Waals surface area contributed by atoms with Crippen LogP contribution < -0.4 is 0 Å². The highest BCUT2D eigenvalue weighted by Crippen LogP contribution is 2.18. The standard InChI is InChI=1S/C14H12N4OS/c1-18(9-10-4-3-7-15-8-10)14(19)11-5-2-6-12-13(11)17-20-16-12/h2-8H,9H2,1H3. The van der Waals surface area contributed by atoms with Gasteiger partial charge in [0.05, 0.1) is 17.3 Å². The maximum Gasteiger partial charge on any atom is 0.256 e. The number of hydrogen-bond acceptors (Lipinski definition) is 5. The highest BCUT2D eigenvalue weighted by Gasteiger charge is 2.16. The quantitative estimate of drug-likeness (QED) is 0.741. The van der Waals surface area contributed by atoms with Gasteiger partial charge < -0.3 is 4.90 Å². The summed E-state index contributed by atoms with van der Waals surface area (Å²) in [5.74, 6) is -0.0628. The van der Waals surface area contributed by atoms with E-state index in [2.05, 4.69) is 13.7 Å². The number of benzene rings is 1. The predicted molar refractivity (Wildman–Crippen MR) is 77.4 cm³/mol. The lowest BCUT2D eigenvalue weighted by molar-refractivity contribution is 0.0787. The molecule has 3 rings (SSSR count). The Labute approximate surface area is 120 Å². The van der Waals surface area contributed by atoms with E-state index in [1.165, 1.54) is 0 Å². The molecule has 0 saturated carbocycles. The Hall–Kier alpha value is -2.34. The predicted octanol–water partition coefficient (Wildman–Crippen LogP) is 2.36. The van der Waals surface area contributed by atoms with E-state index in [9.17, 15) is 4.79 Å². The molecule has 0 fully saturated rings. The van der Waals surface area contributed by atoms with Gasteiger partial charge in [-0.2, -0.15) is 8.75 Å². The Kier molecular flexibility index (Phi) is 3.39. The molecule has 0 aliphatic heterocycles. The van der Waals surface area contributed by atoms with Gasteiger partial charge in [0, 0.05) is 26.0 Å². The third-order valence-corrected chi connectivity index (χ3v) is 3.55. The smallest absolute Gasteiger partial charge is 0.256 e. The number of hydrogen-bond donors (Lipinski definition) is 0. The van der Waals surface area contributed by atoms with E-state index >= 15 is 0 Å². The molecule has 3 aromatic rings. The van der Waals surface area contributed by atoms with Crippen molar-refractivity contribution in [2.45, 2.75) is 6.54 Å². The molecule has 100 valence electrons. The van der Waals surface area contributed by atoms with Crippen molar-refractivity contribution in [1.29, 1.82) is 0 Å². The van der Waals surface area contributed by atoms with Crippen molar-refractivity contribution in [2.75, 3.05) is 7.05 Å².